The maximum absolute atomic E-state index is 5.06. The molecule has 0 bridgehead atoms. The van der Waals surface area contributed by atoms with E-state index in [1.165, 1.54) is 21.5 Å². The van der Waals surface area contributed by atoms with Gasteiger partial charge in [-0.15, -0.1) is 0 Å². The van der Waals surface area contributed by atoms with Gasteiger partial charge in [0.2, 0.25) is 0 Å². The first kappa shape index (κ1) is 39.9. The summed E-state index contributed by atoms with van der Waals surface area (Å²) in [5.74, 6) is 1.85. The van der Waals surface area contributed by atoms with Crippen LogP contribution in [-0.4, -0.2) is 29.1 Å². The van der Waals surface area contributed by atoms with Crippen LogP contribution in [0.3, 0.4) is 0 Å². The van der Waals surface area contributed by atoms with Crippen molar-refractivity contribution >= 4 is 60.7 Å². The normalized spacial score (nSPS) is 11.5. The highest BCUT2D eigenvalue weighted by Gasteiger charge is 2.21. The summed E-state index contributed by atoms with van der Waals surface area (Å²) in [6, 6.07) is 83.5. The van der Waals surface area contributed by atoms with Crippen molar-refractivity contribution < 1.29 is 0 Å². The van der Waals surface area contributed by atoms with Crippen molar-refractivity contribution in [1.82, 2.24) is 29.1 Å². The van der Waals surface area contributed by atoms with E-state index < -0.39 is 0 Å². The summed E-state index contributed by atoms with van der Waals surface area (Å²) in [7, 11) is 0. The Morgan fingerprint density at radius 3 is 1.01 bits per heavy atom. The van der Waals surface area contributed by atoms with Gasteiger partial charge in [-0.05, 0) is 102 Å². The maximum atomic E-state index is 5.06. The minimum Gasteiger partial charge on any atom is -0.310 e. The van der Waals surface area contributed by atoms with Gasteiger partial charge >= 0.3 is 0 Å². The van der Waals surface area contributed by atoms with Crippen LogP contribution < -0.4 is 4.90 Å². The molecule has 0 N–H and O–H groups in total. The molecule has 0 fully saturated rings. The second-order valence-corrected chi connectivity index (χ2v) is 17.2. The Morgan fingerprint density at radius 1 is 0.275 bits per heavy atom. The zero-order chi connectivity index (χ0) is 45.7. The second-order valence-electron chi connectivity index (χ2n) is 17.2. The van der Waals surface area contributed by atoms with Crippen molar-refractivity contribution in [3.8, 4) is 56.7 Å². The molecular weight excluding hydrogens is 843 g/mol. The van der Waals surface area contributed by atoms with Gasteiger partial charge < -0.3 is 14.0 Å². The summed E-state index contributed by atoms with van der Waals surface area (Å²) in [5, 5.41) is 4.83. The van der Waals surface area contributed by atoms with Gasteiger partial charge in [0.25, 0.3) is 0 Å². The fraction of sp³-hybridized carbons (Fsp3) is 0. The van der Waals surface area contributed by atoms with Crippen molar-refractivity contribution in [2.45, 2.75) is 0 Å². The van der Waals surface area contributed by atoms with Crippen LogP contribution in [0.4, 0.5) is 17.1 Å². The van der Waals surface area contributed by atoms with Gasteiger partial charge in [-0.25, -0.2) is 15.0 Å². The molecule has 0 amide bonds. The fourth-order valence-corrected chi connectivity index (χ4v) is 9.86. The van der Waals surface area contributed by atoms with E-state index in [-0.39, 0.29) is 0 Å². The monoisotopic (exact) mass is 883 g/mol. The largest absolute Gasteiger partial charge is 0.310 e. The van der Waals surface area contributed by atoms with E-state index in [0.717, 1.165) is 78.3 Å². The molecule has 4 heterocycles. The van der Waals surface area contributed by atoms with Gasteiger partial charge in [0.15, 0.2) is 17.5 Å². The van der Waals surface area contributed by atoms with Crippen molar-refractivity contribution in [3.05, 3.63) is 249 Å². The lowest BCUT2D eigenvalue weighted by Crippen LogP contribution is -2.12. The number of hydrogen-bond donors (Lipinski definition) is 0. The second kappa shape index (κ2) is 16.8. The summed E-state index contributed by atoms with van der Waals surface area (Å²) < 4.78 is 4.82. The predicted molar refractivity (Wildman–Crippen MR) is 283 cm³/mol. The van der Waals surface area contributed by atoms with Crippen LogP contribution in [0, 0.1) is 0 Å². The number of pyridine rings is 1. The lowest BCUT2D eigenvalue weighted by Gasteiger charge is -2.27. The lowest BCUT2D eigenvalue weighted by molar-refractivity contribution is 1.07. The molecule has 0 unspecified atom stereocenters. The first-order valence-electron chi connectivity index (χ1n) is 23.1. The molecule has 9 aromatic carbocycles. The highest BCUT2D eigenvalue weighted by Crippen LogP contribution is 2.42. The molecule has 7 heteroatoms. The van der Waals surface area contributed by atoms with E-state index in [1.807, 2.05) is 85.2 Å². The Morgan fingerprint density at radius 2 is 0.609 bits per heavy atom. The number of anilines is 3. The molecule has 0 aliphatic rings. The predicted octanol–water partition coefficient (Wildman–Crippen LogP) is 15.6. The van der Waals surface area contributed by atoms with E-state index in [0.29, 0.717) is 17.5 Å². The Labute approximate surface area is 398 Å². The van der Waals surface area contributed by atoms with Crippen molar-refractivity contribution in [1.29, 1.82) is 0 Å². The molecule has 0 aliphatic carbocycles. The molecule has 0 radical (unpaired) electrons. The van der Waals surface area contributed by atoms with Crippen LogP contribution in [0.25, 0.3) is 100 Å². The van der Waals surface area contributed by atoms with Crippen molar-refractivity contribution in [2.24, 2.45) is 0 Å². The Bertz CT molecular complexity index is 3700. The number of para-hydroxylation sites is 4. The highest BCUT2D eigenvalue weighted by molar-refractivity contribution is 6.11. The van der Waals surface area contributed by atoms with Crippen LogP contribution in [0.1, 0.15) is 0 Å². The third-order valence-corrected chi connectivity index (χ3v) is 13.0. The van der Waals surface area contributed by atoms with Gasteiger partial charge in [-0.2, -0.15) is 0 Å². The Hall–Kier alpha value is -9.46. The standard InChI is InChI=1S/C62H41N7/c1-3-15-44(16-4-1)60-64-61(45-17-5-2-6-18-45)66-62(65-60)46-29-33-48(34-30-46)67(47-31-27-42(28-32-47)43-35-37-63-38-36-43)49-39-50(68-56-23-11-7-19-52(56)53-20-8-12-24-57(53)68)41-51(40-49)69-58-25-13-9-21-54(58)55-22-10-14-26-59(55)69/h1-41H. The SMILES string of the molecule is c1ccc(-c2nc(-c3ccccc3)nc(-c3ccc(N(c4ccc(-c5ccncc5)cc4)c4cc(-n5c6ccccc6c6ccccc65)cc(-n5c6ccccc6c6ccccc65)c4)cc3)n2)cc1. The van der Waals surface area contributed by atoms with E-state index in [4.69, 9.17) is 15.0 Å². The molecule has 69 heavy (non-hydrogen) atoms. The average Bonchev–Trinajstić information content (AvgIpc) is 3.95. The average molecular weight is 884 g/mol. The molecule has 0 spiro atoms. The quantitative estimate of drug-likeness (QED) is 0.144. The third kappa shape index (κ3) is 7.08. The Balaban J connectivity index is 1.04. The summed E-state index contributed by atoms with van der Waals surface area (Å²) in [4.78, 5) is 21.7. The molecule has 324 valence electrons. The van der Waals surface area contributed by atoms with Crippen LogP contribution in [0.2, 0.25) is 0 Å². The maximum Gasteiger partial charge on any atom is 0.164 e. The summed E-state index contributed by atoms with van der Waals surface area (Å²) in [6.07, 6.45) is 3.68. The molecule has 0 atom stereocenters. The summed E-state index contributed by atoms with van der Waals surface area (Å²) in [5.41, 5.74) is 14.6. The number of benzene rings is 9. The van der Waals surface area contributed by atoms with Crippen LogP contribution in [0.15, 0.2) is 249 Å². The molecule has 7 nitrogen and oxygen atoms in total. The number of aromatic nitrogens is 6. The first-order valence-corrected chi connectivity index (χ1v) is 23.1. The van der Waals surface area contributed by atoms with Crippen molar-refractivity contribution in [3.63, 3.8) is 0 Å². The van der Waals surface area contributed by atoms with E-state index >= 15 is 0 Å². The Kier molecular flexibility index (Phi) is 9.68. The van der Waals surface area contributed by atoms with Gasteiger partial charge in [-0.1, -0.05) is 146 Å². The van der Waals surface area contributed by atoms with Gasteiger partial charge in [0.05, 0.1) is 39.1 Å². The van der Waals surface area contributed by atoms with E-state index in [2.05, 4.69) is 183 Å². The molecule has 13 aromatic rings. The van der Waals surface area contributed by atoms with Crippen LogP contribution in [-0.2, 0) is 0 Å². The molecule has 0 aliphatic heterocycles. The van der Waals surface area contributed by atoms with E-state index in [1.54, 1.807) is 0 Å². The van der Waals surface area contributed by atoms with Gasteiger partial charge in [0, 0.05) is 62.0 Å². The molecule has 0 saturated heterocycles. The van der Waals surface area contributed by atoms with E-state index in [9.17, 15) is 0 Å². The minimum atomic E-state index is 0.601. The number of hydrogen-bond acceptors (Lipinski definition) is 5. The first-order chi connectivity index (χ1) is 34.2. The summed E-state index contributed by atoms with van der Waals surface area (Å²) in [6.45, 7) is 0. The number of fused-ring (bicyclic) bond motifs is 6. The third-order valence-electron chi connectivity index (χ3n) is 13.0. The smallest absolute Gasteiger partial charge is 0.164 e. The van der Waals surface area contributed by atoms with Crippen LogP contribution in [0.5, 0.6) is 0 Å². The van der Waals surface area contributed by atoms with Gasteiger partial charge in [-0.3, -0.25) is 4.98 Å². The summed E-state index contributed by atoms with van der Waals surface area (Å²) >= 11 is 0. The fourth-order valence-electron chi connectivity index (χ4n) is 9.86. The van der Waals surface area contributed by atoms with Crippen LogP contribution >= 0.6 is 0 Å². The zero-order valence-corrected chi connectivity index (χ0v) is 37.3. The minimum absolute atomic E-state index is 0.601. The highest BCUT2D eigenvalue weighted by atomic mass is 15.2. The zero-order valence-electron chi connectivity index (χ0n) is 37.3. The van der Waals surface area contributed by atoms with Gasteiger partial charge in [0.1, 0.15) is 0 Å². The molecular formula is C62H41N7. The number of nitrogens with zero attached hydrogens (tertiary/aromatic N) is 7. The number of rotatable bonds is 9. The molecule has 13 rings (SSSR count). The molecule has 4 aromatic heterocycles. The molecule has 0 saturated carbocycles. The lowest BCUT2D eigenvalue weighted by atomic mass is 10.1. The van der Waals surface area contributed by atoms with Crippen molar-refractivity contribution in [2.75, 3.05) is 4.90 Å². The topological polar surface area (TPSA) is 64.7 Å².